The van der Waals surface area contributed by atoms with Crippen molar-refractivity contribution in [3.63, 3.8) is 0 Å². The van der Waals surface area contributed by atoms with Gasteiger partial charge in [-0.3, -0.25) is 11.8 Å². The molecule has 0 aliphatic heterocycles. The van der Waals surface area contributed by atoms with Crippen LogP contribution >= 0.6 is 45.5 Å². The molecule has 34 heavy (non-hydrogen) atoms. The molecule has 0 spiro atoms. The van der Waals surface area contributed by atoms with E-state index in [1.165, 1.54) is 17.3 Å². The summed E-state index contributed by atoms with van der Waals surface area (Å²) < 4.78 is 3.04. The summed E-state index contributed by atoms with van der Waals surface area (Å²) >= 11 is 4.48. The molecule has 206 valence electrons. The summed E-state index contributed by atoms with van der Waals surface area (Å²) in [5.74, 6) is 1.03. The van der Waals surface area contributed by atoms with Crippen molar-refractivity contribution in [1.29, 1.82) is 0 Å². The van der Waals surface area contributed by atoms with E-state index in [0.29, 0.717) is 12.0 Å². The summed E-state index contributed by atoms with van der Waals surface area (Å²) in [6, 6.07) is 8.37. The molecule has 0 bridgehead atoms. The Balaban J connectivity index is -0.000000181. The minimum absolute atomic E-state index is 0. The molecule has 0 aliphatic carbocycles. The zero-order chi connectivity index (χ0) is 25.3. The Labute approximate surface area is 276 Å². The molecule has 2 aromatic rings. The topological polar surface area (TPSA) is 71.8 Å². The van der Waals surface area contributed by atoms with Crippen molar-refractivity contribution in [2.75, 3.05) is 11.5 Å². The molecule has 0 aliphatic rings. The Bertz CT molecular complexity index is 739. The van der Waals surface area contributed by atoms with E-state index in [1.54, 1.807) is 9.82 Å². The van der Waals surface area contributed by atoms with Crippen molar-refractivity contribution >= 4 is 62.3 Å². The molecule has 1 aromatic heterocycles. The largest absolute Gasteiger partial charge is 2.00 e. The van der Waals surface area contributed by atoms with Crippen molar-refractivity contribution < 1.29 is 51.7 Å². The SMILES string of the molecule is CC(=O)C(C)C.CCCCI.In1nnc2ccccc21.[CH2-]NC(C)(C)C(C)C(C)NC.[CH3-].[Yb+2]. The van der Waals surface area contributed by atoms with E-state index >= 15 is 0 Å². The number of ketones is 1. The van der Waals surface area contributed by atoms with Gasteiger partial charge in [-0.15, -0.1) is 5.10 Å². The second-order valence-electron chi connectivity index (χ2n) is 8.51. The maximum absolute atomic E-state index is 10.1. The average Bonchev–Trinajstić information content (AvgIpc) is 3.15. The molecule has 2 atom stereocenters. The first kappa shape index (κ1) is 42.3. The van der Waals surface area contributed by atoms with Crippen LogP contribution in [0.1, 0.15) is 68.2 Å². The molecular formula is C25H47I2N5OYb. The van der Waals surface area contributed by atoms with E-state index in [0.717, 1.165) is 11.0 Å². The molecule has 1 aromatic carbocycles. The van der Waals surface area contributed by atoms with E-state index in [4.69, 9.17) is 0 Å². The summed E-state index contributed by atoms with van der Waals surface area (Å²) in [5.41, 5.74) is 2.10. The van der Waals surface area contributed by atoms with E-state index in [9.17, 15) is 4.79 Å². The monoisotopic (exact) mass is 861 g/mol. The van der Waals surface area contributed by atoms with Gasteiger partial charge in [-0.1, -0.05) is 74.1 Å². The van der Waals surface area contributed by atoms with Crippen LogP contribution in [-0.2, 0) is 4.79 Å². The number of hydrogen-bond donors (Lipinski definition) is 2. The standard InChI is InChI=1S/C9H21N2.C6H4IN3.C5H10O.C4H9I.CH3.Yb/c1-7(8(2)10-5)9(3,4)11-6;7-10-6-4-2-1-3-5(6)8-9-10;1-4(2)5(3)6;1-2-3-4-5;;/h7-8,10-11H,6H2,1-5H3;1-4H;4H,1-3H3;2-4H2,1H3;1H3;/q-1;;;;-1;+2. The second-order valence-corrected chi connectivity index (χ2v) is 10.5. The zero-order valence-corrected chi connectivity index (χ0v) is 28.7. The molecule has 2 unspecified atom stereocenters. The van der Waals surface area contributed by atoms with Crippen molar-refractivity contribution in [2.24, 2.45) is 11.8 Å². The van der Waals surface area contributed by atoms with Gasteiger partial charge in [-0.05, 0) is 69.2 Å². The fourth-order valence-electron chi connectivity index (χ4n) is 2.01. The van der Waals surface area contributed by atoms with Gasteiger partial charge in [0, 0.05) is 12.0 Å². The summed E-state index contributed by atoms with van der Waals surface area (Å²) in [4.78, 5) is 10.1. The Morgan fingerprint density at radius 3 is 2.03 bits per heavy atom. The van der Waals surface area contributed by atoms with Crippen molar-refractivity contribution in [3.05, 3.63) is 38.7 Å². The predicted molar refractivity (Wildman–Crippen MR) is 163 cm³/mol. The van der Waals surface area contributed by atoms with Crippen LogP contribution in [0.4, 0.5) is 0 Å². The third-order valence-electron chi connectivity index (χ3n) is 5.41. The van der Waals surface area contributed by atoms with Crippen molar-refractivity contribution in [1.82, 2.24) is 23.8 Å². The number of nitrogens with zero attached hydrogens (tertiary/aromatic N) is 3. The number of carbonyl (C=O) groups is 1. The van der Waals surface area contributed by atoms with Gasteiger partial charge in [0.25, 0.3) is 0 Å². The van der Waals surface area contributed by atoms with Crippen LogP contribution in [-0.4, -0.2) is 42.0 Å². The van der Waals surface area contributed by atoms with Crippen LogP contribution in [0.15, 0.2) is 24.3 Å². The third-order valence-corrected chi connectivity index (χ3v) is 6.89. The van der Waals surface area contributed by atoms with Crippen molar-refractivity contribution in [3.8, 4) is 0 Å². The van der Waals surface area contributed by atoms with Gasteiger partial charge in [0.1, 0.15) is 16.8 Å². The molecule has 0 radical (unpaired) electrons. The zero-order valence-electron chi connectivity index (χ0n) is 22.6. The number of alkyl halides is 1. The maximum Gasteiger partial charge on any atom is 2.00 e. The summed E-state index contributed by atoms with van der Waals surface area (Å²) in [5, 5.41) is 14.1. The summed E-state index contributed by atoms with van der Waals surface area (Å²) in [7, 11) is 5.70. The fourth-order valence-corrected chi connectivity index (χ4v) is 3.28. The third kappa shape index (κ3) is 19.3. The van der Waals surface area contributed by atoms with E-state index in [1.807, 2.05) is 45.2 Å². The van der Waals surface area contributed by atoms with Crippen LogP contribution in [0.3, 0.4) is 0 Å². The molecule has 9 heteroatoms. The van der Waals surface area contributed by atoms with Crippen LogP contribution in [0.5, 0.6) is 0 Å². The molecule has 2 rings (SSSR count). The molecule has 6 nitrogen and oxygen atoms in total. The molecule has 0 saturated heterocycles. The number of hydrogen-bond acceptors (Lipinski definition) is 5. The number of nitrogens with one attached hydrogen (secondary N) is 2. The number of Topliss-reactive ketones (excluding diaryl/α,β-unsaturated/α-hetero) is 1. The van der Waals surface area contributed by atoms with Gasteiger partial charge in [0.05, 0.1) is 22.9 Å². The Morgan fingerprint density at radius 2 is 1.71 bits per heavy atom. The van der Waals surface area contributed by atoms with E-state index in [2.05, 4.69) is 108 Å². The van der Waals surface area contributed by atoms with Crippen molar-refractivity contribution in [2.45, 2.75) is 79.8 Å². The molecular weight excluding hydrogens is 813 g/mol. The van der Waals surface area contributed by atoms with Crippen LogP contribution in [0.2, 0.25) is 0 Å². The number of halogens is 2. The van der Waals surface area contributed by atoms with Crippen LogP contribution in [0, 0.1) is 73.2 Å². The summed E-state index contributed by atoms with van der Waals surface area (Å²) in [6.07, 6.45) is 2.71. The second kappa shape index (κ2) is 24.5. The predicted octanol–water partition coefficient (Wildman–Crippen LogP) is 6.92. The van der Waals surface area contributed by atoms with E-state index in [-0.39, 0.29) is 71.6 Å². The quantitative estimate of drug-likeness (QED) is 0.180. The molecule has 2 N–H and O–H groups in total. The number of benzene rings is 1. The number of fused-ring (bicyclic) bond motifs is 1. The number of rotatable bonds is 7. The number of para-hydroxylation sites is 1. The minimum atomic E-state index is 0. The number of unbranched alkanes of at least 4 members (excludes halogenated alkanes) is 1. The van der Waals surface area contributed by atoms with Gasteiger partial charge >= 0.3 is 46.9 Å². The first-order chi connectivity index (χ1) is 14.9. The normalized spacial score (nSPS) is 11.8. The van der Waals surface area contributed by atoms with Crippen LogP contribution in [0.25, 0.3) is 11.0 Å². The molecule has 0 amide bonds. The van der Waals surface area contributed by atoms with Gasteiger partial charge < -0.3 is 18.1 Å². The fraction of sp³-hybridized carbons (Fsp3) is 0.640. The smallest absolute Gasteiger partial charge is 0.468 e. The van der Waals surface area contributed by atoms with Crippen LogP contribution < -0.4 is 10.6 Å². The van der Waals surface area contributed by atoms with Gasteiger partial charge in [-0.2, -0.15) is 2.90 Å². The Morgan fingerprint density at radius 1 is 1.21 bits per heavy atom. The molecule has 0 saturated carbocycles. The number of carbonyl (C=O) groups excluding carboxylic acids is 1. The number of aromatic nitrogens is 3. The Hall–Kier alpha value is 1.19. The Kier molecular flexibility index (Phi) is 30.5. The van der Waals surface area contributed by atoms with Gasteiger partial charge in [0.2, 0.25) is 0 Å². The first-order valence-electron chi connectivity index (χ1n) is 11.1. The average molecular weight is 861 g/mol. The van der Waals surface area contributed by atoms with Gasteiger partial charge in [-0.25, -0.2) is 0 Å². The first-order valence-corrected chi connectivity index (χ1v) is 13.6. The van der Waals surface area contributed by atoms with E-state index < -0.39 is 0 Å². The summed E-state index contributed by atoms with van der Waals surface area (Å²) in [6.45, 7) is 16.3. The maximum atomic E-state index is 10.1. The minimum Gasteiger partial charge on any atom is -0.468 e. The molecule has 1 heterocycles. The molecule has 0 fully saturated rings. The van der Waals surface area contributed by atoms with Gasteiger partial charge in [0.15, 0.2) is 0 Å².